The van der Waals surface area contributed by atoms with Gasteiger partial charge in [0.05, 0.1) is 5.56 Å². The molecule has 1 heterocycles. The topological polar surface area (TPSA) is 66.0 Å². The highest BCUT2D eigenvalue weighted by Gasteiger charge is 2.23. The molecule has 20 heavy (non-hydrogen) atoms. The molecule has 4 nitrogen and oxygen atoms in total. The van der Waals surface area contributed by atoms with Crippen LogP contribution in [0.3, 0.4) is 0 Å². The quantitative estimate of drug-likeness (QED) is 0.641. The number of aryl methyl sites for hydroxylation is 2. The summed E-state index contributed by atoms with van der Waals surface area (Å²) in [6.07, 6.45) is 3.28. The summed E-state index contributed by atoms with van der Waals surface area (Å²) in [5.74, 6) is 1.56. The molecule has 3 N–H and O–H groups in total. The molecule has 1 aromatic heterocycles. The van der Waals surface area contributed by atoms with Gasteiger partial charge in [-0.15, -0.1) is 0 Å². The van der Waals surface area contributed by atoms with Crippen LogP contribution in [0.5, 0.6) is 0 Å². The smallest absolute Gasteiger partial charge is 0.140 e. The molecule has 0 spiro atoms. The molecule has 0 saturated heterocycles. The van der Waals surface area contributed by atoms with Gasteiger partial charge in [-0.3, -0.25) is 5.41 Å². The molecule has 4 heteroatoms. The van der Waals surface area contributed by atoms with E-state index in [4.69, 9.17) is 16.1 Å². The predicted molar refractivity (Wildman–Crippen MR) is 84.6 cm³/mol. The van der Waals surface area contributed by atoms with Gasteiger partial charge in [-0.05, 0) is 50.7 Å². The Balaban J connectivity index is 2.49. The van der Waals surface area contributed by atoms with Crippen molar-refractivity contribution in [3.05, 3.63) is 22.9 Å². The molecule has 1 aromatic rings. The van der Waals surface area contributed by atoms with Crippen LogP contribution in [-0.2, 0) is 12.8 Å². The third-order valence-corrected chi connectivity index (χ3v) is 3.78. The fraction of sp³-hybridized carbons (Fsp3) is 0.625. The van der Waals surface area contributed by atoms with Gasteiger partial charge in [0.2, 0.25) is 0 Å². The second-order valence-corrected chi connectivity index (χ2v) is 6.37. The number of hydrogen-bond acceptors (Lipinski definition) is 3. The Bertz CT molecular complexity index is 505. The lowest BCUT2D eigenvalue weighted by atomic mass is 10.1. The highest BCUT2D eigenvalue weighted by molar-refractivity contribution is 6.00. The Morgan fingerprint density at radius 3 is 2.60 bits per heavy atom. The maximum atomic E-state index is 7.87. The van der Waals surface area contributed by atoms with Crippen molar-refractivity contribution in [3.8, 4) is 0 Å². The molecular weight excluding hydrogens is 248 g/mol. The molecule has 0 aliphatic heterocycles. The van der Waals surface area contributed by atoms with Crippen molar-refractivity contribution in [2.45, 2.75) is 53.0 Å². The SMILES string of the molecule is CC(C)CN(c1nc2c(cc1C(=N)N)CCC2)C(C)C. The molecule has 110 valence electrons. The molecule has 1 aliphatic carbocycles. The molecule has 0 amide bonds. The van der Waals surface area contributed by atoms with Gasteiger partial charge in [0.1, 0.15) is 11.7 Å². The van der Waals surface area contributed by atoms with Crippen molar-refractivity contribution in [2.24, 2.45) is 11.7 Å². The largest absolute Gasteiger partial charge is 0.384 e. The van der Waals surface area contributed by atoms with E-state index in [-0.39, 0.29) is 5.84 Å². The highest BCUT2D eigenvalue weighted by Crippen LogP contribution is 2.28. The van der Waals surface area contributed by atoms with E-state index in [1.54, 1.807) is 0 Å². The Morgan fingerprint density at radius 2 is 2.05 bits per heavy atom. The maximum absolute atomic E-state index is 7.87. The van der Waals surface area contributed by atoms with E-state index < -0.39 is 0 Å². The summed E-state index contributed by atoms with van der Waals surface area (Å²) in [7, 11) is 0. The van der Waals surface area contributed by atoms with Gasteiger partial charge in [-0.1, -0.05) is 13.8 Å². The average Bonchev–Trinajstić information content (AvgIpc) is 2.80. The van der Waals surface area contributed by atoms with Gasteiger partial charge in [0.15, 0.2) is 0 Å². The van der Waals surface area contributed by atoms with Gasteiger partial charge < -0.3 is 10.6 Å². The van der Waals surface area contributed by atoms with E-state index in [2.05, 4.69) is 38.7 Å². The molecular formula is C16H26N4. The Hall–Kier alpha value is -1.58. The first-order valence-corrected chi connectivity index (χ1v) is 7.54. The van der Waals surface area contributed by atoms with Crippen LogP contribution in [0.4, 0.5) is 5.82 Å². The van der Waals surface area contributed by atoms with Crippen LogP contribution in [0.1, 0.15) is 50.9 Å². The lowest BCUT2D eigenvalue weighted by molar-refractivity contribution is 0.565. The minimum atomic E-state index is 0.122. The first-order valence-electron chi connectivity index (χ1n) is 7.54. The zero-order valence-corrected chi connectivity index (χ0v) is 13.0. The molecule has 0 fully saturated rings. The number of nitrogens with one attached hydrogen (secondary N) is 1. The van der Waals surface area contributed by atoms with Gasteiger partial charge in [-0.25, -0.2) is 4.98 Å². The lowest BCUT2D eigenvalue weighted by Crippen LogP contribution is -2.36. The molecule has 0 bridgehead atoms. The summed E-state index contributed by atoms with van der Waals surface area (Å²) in [6.45, 7) is 9.68. The number of nitrogens with zero attached hydrogens (tertiary/aromatic N) is 2. The van der Waals surface area contributed by atoms with Crippen LogP contribution in [-0.4, -0.2) is 23.4 Å². The first kappa shape index (κ1) is 14.8. The lowest BCUT2D eigenvalue weighted by Gasteiger charge is -2.31. The number of hydrogen-bond donors (Lipinski definition) is 2. The summed E-state index contributed by atoms with van der Waals surface area (Å²) in [5.41, 5.74) is 9.05. The fourth-order valence-electron chi connectivity index (χ4n) is 2.81. The third-order valence-electron chi connectivity index (χ3n) is 3.78. The number of amidine groups is 1. The van der Waals surface area contributed by atoms with Crippen molar-refractivity contribution in [1.29, 1.82) is 5.41 Å². The van der Waals surface area contributed by atoms with Crippen molar-refractivity contribution in [1.82, 2.24) is 4.98 Å². The minimum absolute atomic E-state index is 0.122. The second-order valence-electron chi connectivity index (χ2n) is 6.37. The normalized spacial score (nSPS) is 13.9. The van der Waals surface area contributed by atoms with E-state index in [1.807, 2.05) is 0 Å². The van der Waals surface area contributed by atoms with Crippen LogP contribution in [0, 0.1) is 11.3 Å². The van der Waals surface area contributed by atoms with E-state index >= 15 is 0 Å². The predicted octanol–water partition coefficient (Wildman–Crippen LogP) is 2.73. The number of nitrogen functional groups attached to an aromatic ring is 1. The zero-order valence-electron chi connectivity index (χ0n) is 13.0. The number of anilines is 1. The first-order chi connectivity index (χ1) is 9.40. The van der Waals surface area contributed by atoms with Crippen molar-refractivity contribution >= 4 is 11.7 Å². The minimum Gasteiger partial charge on any atom is -0.384 e. The molecule has 0 atom stereocenters. The standard InChI is InChI=1S/C16H26N4/c1-10(2)9-20(11(3)4)16-13(15(17)18)8-12-6-5-7-14(12)19-16/h8,10-11H,5-7,9H2,1-4H3,(H3,17,18). The zero-order chi connectivity index (χ0) is 14.9. The van der Waals surface area contributed by atoms with Crippen LogP contribution >= 0.6 is 0 Å². The summed E-state index contributed by atoms with van der Waals surface area (Å²) >= 11 is 0. The highest BCUT2D eigenvalue weighted by atomic mass is 15.2. The van der Waals surface area contributed by atoms with Gasteiger partial charge in [-0.2, -0.15) is 0 Å². The summed E-state index contributed by atoms with van der Waals surface area (Å²) in [4.78, 5) is 7.13. The van der Waals surface area contributed by atoms with Gasteiger partial charge >= 0.3 is 0 Å². The summed E-state index contributed by atoms with van der Waals surface area (Å²) in [6, 6.07) is 2.44. The van der Waals surface area contributed by atoms with Crippen LogP contribution < -0.4 is 10.6 Å². The number of nitrogens with two attached hydrogens (primary N) is 1. The monoisotopic (exact) mass is 274 g/mol. The maximum Gasteiger partial charge on any atom is 0.140 e. The molecule has 0 aromatic carbocycles. The number of fused-ring (bicyclic) bond motifs is 1. The van der Waals surface area contributed by atoms with Gasteiger partial charge in [0, 0.05) is 18.3 Å². The van der Waals surface area contributed by atoms with E-state index in [0.717, 1.165) is 37.2 Å². The molecule has 0 radical (unpaired) electrons. The number of aromatic nitrogens is 1. The molecule has 0 unspecified atom stereocenters. The van der Waals surface area contributed by atoms with Crippen LogP contribution in [0.25, 0.3) is 0 Å². The van der Waals surface area contributed by atoms with E-state index in [1.165, 1.54) is 11.3 Å². The van der Waals surface area contributed by atoms with Crippen molar-refractivity contribution in [3.63, 3.8) is 0 Å². The summed E-state index contributed by atoms with van der Waals surface area (Å²) in [5, 5.41) is 7.87. The Morgan fingerprint density at radius 1 is 1.35 bits per heavy atom. The van der Waals surface area contributed by atoms with Crippen molar-refractivity contribution < 1.29 is 0 Å². The van der Waals surface area contributed by atoms with Crippen LogP contribution in [0.15, 0.2) is 6.07 Å². The second kappa shape index (κ2) is 5.81. The number of rotatable bonds is 5. The van der Waals surface area contributed by atoms with Crippen molar-refractivity contribution in [2.75, 3.05) is 11.4 Å². The molecule has 2 rings (SSSR count). The fourth-order valence-corrected chi connectivity index (χ4v) is 2.81. The van der Waals surface area contributed by atoms with Gasteiger partial charge in [0.25, 0.3) is 0 Å². The molecule has 1 aliphatic rings. The third kappa shape index (κ3) is 2.94. The Kier molecular flexibility index (Phi) is 4.31. The molecule has 0 saturated carbocycles. The number of pyridine rings is 1. The summed E-state index contributed by atoms with van der Waals surface area (Å²) < 4.78 is 0. The average molecular weight is 274 g/mol. The van der Waals surface area contributed by atoms with E-state index in [9.17, 15) is 0 Å². The van der Waals surface area contributed by atoms with E-state index in [0.29, 0.717) is 12.0 Å². The van der Waals surface area contributed by atoms with Crippen LogP contribution in [0.2, 0.25) is 0 Å². The Labute approximate surface area is 121 Å².